The minimum absolute atomic E-state index is 0.203. The number of aromatic nitrogens is 2. The minimum Gasteiger partial charge on any atom is -0.497 e. The molecule has 0 aliphatic heterocycles. The molecular formula is C16H20N2O3. The van der Waals surface area contributed by atoms with E-state index in [1.54, 1.807) is 21.0 Å². The van der Waals surface area contributed by atoms with Gasteiger partial charge in [0.25, 0.3) is 0 Å². The van der Waals surface area contributed by atoms with Gasteiger partial charge in [-0.15, -0.1) is 0 Å². The lowest BCUT2D eigenvalue weighted by atomic mass is 9.78. The van der Waals surface area contributed by atoms with Crippen LogP contribution in [0.1, 0.15) is 32.4 Å². The van der Waals surface area contributed by atoms with Crippen molar-refractivity contribution < 1.29 is 14.6 Å². The van der Waals surface area contributed by atoms with E-state index in [4.69, 9.17) is 4.74 Å². The van der Waals surface area contributed by atoms with E-state index in [-0.39, 0.29) is 5.92 Å². The van der Waals surface area contributed by atoms with Gasteiger partial charge in [-0.3, -0.25) is 9.89 Å². The van der Waals surface area contributed by atoms with Crippen molar-refractivity contribution >= 4 is 5.97 Å². The zero-order valence-corrected chi connectivity index (χ0v) is 12.7. The summed E-state index contributed by atoms with van der Waals surface area (Å²) >= 11 is 0. The molecule has 0 radical (unpaired) electrons. The molecule has 0 fully saturated rings. The van der Waals surface area contributed by atoms with Gasteiger partial charge in [0.1, 0.15) is 5.75 Å². The Morgan fingerprint density at radius 3 is 2.71 bits per heavy atom. The van der Waals surface area contributed by atoms with Crippen LogP contribution in [0.4, 0.5) is 0 Å². The van der Waals surface area contributed by atoms with Crippen LogP contribution in [-0.4, -0.2) is 28.4 Å². The maximum absolute atomic E-state index is 11.3. The van der Waals surface area contributed by atoms with Crippen LogP contribution in [0.2, 0.25) is 0 Å². The first-order valence-corrected chi connectivity index (χ1v) is 6.79. The van der Waals surface area contributed by atoms with Crippen LogP contribution in [0.15, 0.2) is 30.3 Å². The number of aromatic amines is 1. The highest BCUT2D eigenvalue weighted by atomic mass is 16.5. The van der Waals surface area contributed by atoms with Crippen molar-refractivity contribution in [1.82, 2.24) is 10.2 Å². The molecule has 1 aromatic carbocycles. The molecule has 0 saturated heterocycles. The third kappa shape index (κ3) is 2.91. The molecule has 1 atom stereocenters. The van der Waals surface area contributed by atoms with E-state index < -0.39 is 11.4 Å². The molecule has 0 aliphatic carbocycles. The Kier molecular flexibility index (Phi) is 4.02. The Labute approximate surface area is 124 Å². The van der Waals surface area contributed by atoms with Crippen molar-refractivity contribution in [2.75, 3.05) is 7.11 Å². The summed E-state index contributed by atoms with van der Waals surface area (Å²) in [7, 11) is 1.62. The van der Waals surface area contributed by atoms with E-state index >= 15 is 0 Å². The van der Waals surface area contributed by atoms with E-state index in [0.717, 1.165) is 22.7 Å². The fourth-order valence-corrected chi connectivity index (χ4v) is 2.05. The SMILES string of the molecule is COc1cccc(-c2cc(C(C)C(C)(C)C(=O)O)n[nH]2)c1. The fourth-order valence-electron chi connectivity index (χ4n) is 2.05. The molecule has 0 bridgehead atoms. The molecule has 21 heavy (non-hydrogen) atoms. The number of aliphatic carboxylic acids is 1. The molecule has 2 rings (SSSR count). The van der Waals surface area contributed by atoms with Gasteiger partial charge in [-0.25, -0.2) is 0 Å². The first-order valence-electron chi connectivity index (χ1n) is 6.79. The number of hydrogen-bond acceptors (Lipinski definition) is 3. The third-order valence-electron chi connectivity index (χ3n) is 4.06. The standard InChI is InChI=1S/C16H20N2O3/c1-10(16(2,3)15(19)20)13-9-14(18-17-13)11-6-5-7-12(8-11)21-4/h5-10H,1-4H3,(H,17,18)(H,19,20). The van der Waals surface area contributed by atoms with E-state index in [1.165, 1.54) is 0 Å². The Morgan fingerprint density at radius 2 is 2.10 bits per heavy atom. The second-order valence-electron chi connectivity index (χ2n) is 5.69. The van der Waals surface area contributed by atoms with Crippen LogP contribution in [0.5, 0.6) is 5.75 Å². The molecule has 5 heteroatoms. The van der Waals surface area contributed by atoms with Gasteiger partial charge in [0, 0.05) is 11.5 Å². The lowest BCUT2D eigenvalue weighted by Crippen LogP contribution is -2.29. The molecule has 1 heterocycles. The van der Waals surface area contributed by atoms with Crippen LogP contribution in [0, 0.1) is 5.41 Å². The van der Waals surface area contributed by atoms with Crippen LogP contribution in [0.25, 0.3) is 11.3 Å². The van der Waals surface area contributed by atoms with E-state index in [1.807, 2.05) is 37.3 Å². The fraction of sp³-hybridized carbons (Fsp3) is 0.375. The predicted octanol–water partition coefficient (Wildman–Crippen LogP) is 3.30. The highest BCUT2D eigenvalue weighted by Crippen LogP contribution is 2.35. The number of H-pyrrole nitrogens is 1. The smallest absolute Gasteiger partial charge is 0.309 e. The van der Waals surface area contributed by atoms with Crippen LogP contribution >= 0.6 is 0 Å². The van der Waals surface area contributed by atoms with Gasteiger partial charge in [0.2, 0.25) is 0 Å². The number of methoxy groups -OCH3 is 1. The summed E-state index contributed by atoms with van der Waals surface area (Å²) in [6.45, 7) is 5.29. The van der Waals surface area contributed by atoms with Crippen molar-refractivity contribution in [3.63, 3.8) is 0 Å². The molecular weight excluding hydrogens is 268 g/mol. The molecule has 0 amide bonds. The first-order chi connectivity index (χ1) is 9.86. The average Bonchev–Trinajstić information content (AvgIpc) is 2.96. The zero-order valence-electron chi connectivity index (χ0n) is 12.7. The Morgan fingerprint density at radius 1 is 1.38 bits per heavy atom. The Bertz CT molecular complexity index is 646. The summed E-state index contributed by atoms with van der Waals surface area (Å²) in [4.78, 5) is 11.3. The number of rotatable bonds is 5. The maximum Gasteiger partial charge on any atom is 0.309 e. The number of carboxylic acid groups (broad SMARTS) is 1. The molecule has 5 nitrogen and oxygen atoms in total. The topological polar surface area (TPSA) is 75.2 Å². The summed E-state index contributed by atoms with van der Waals surface area (Å²) in [5.74, 6) is -0.269. The number of carboxylic acids is 1. The summed E-state index contributed by atoms with van der Waals surface area (Å²) in [6, 6.07) is 9.53. The van der Waals surface area contributed by atoms with E-state index in [0.29, 0.717) is 0 Å². The van der Waals surface area contributed by atoms with Gasteiger partial charge in [0.05, 0.1) is 23.9 Å². The molecule has 2 N–H and O–H groups in total. The van der Waals surface area contributed by atoms with E-state index in [2.05, 4.69) is 10.2 Å². The maximum atomic E-state index is 11.3. The summed E-state index contributed by atoms with van der Waals surface area (Å²) < 4.78 is 5.20. The van der Waals surface area contributed by atoms with Gasteiger partial charge >= 0.3 is 5.97 Å². The van der Waals surface area contributed by atoms with Crippen molar-refractivity contribution in [3.05, 3.63) is 36.0 Å². The number of nitrogens with zero attached hydrogens (tertiary/aromatic N) is 1. The molecule has 1 aromatic heterocycles. The summed E-state index contributed by atoms with van der Waals surface area (Å²) in [5.41, 5.74) is 1.66. The van der Waals surface area contributed by atoms with Crippen molar-refractivity contribution in [1.29, 1.82) is 0 Å². The van der Waals surface area contributed by atoms with Gasteiger partial charge < -0.3 is 9.84 Å². The lowest BCUT2D eigenvalue weighted by Gasteiger charge is -2.25. The molecule has 0 spiro atoms. The number of hydrogen-bond donors (Lipinski definition) is 2. The molecule has 0 saturated carbocycles. The molecule has 1 unspecified atom stereocenters. The van der Waals surface area contributed by atoms with Gasteiger partial charge in [0.15, 0.2) is 0 Å². The Balaban J connectivity index is 2.31. The molecule has 112 valence electrons. The Hall–Kier alpha value is -2.30. The minimum atomic E-state index is -0.874. The number of benzene rings is 1. The molecule has 0 aliphatic rings. The quantitative estimate of drug-likeness (QED) is 0.885. The average molecular weight is 288 g/mol. The van der Waals surface area contributed by atoms with Gasteiger partial charge in [-0.2, -0.15) is 5.10 Å². The first kappa shape index (κ1) is 15.1. The number of carbonyl (C=O) groups is 1. The van der Waals surface area contributed by atoms with Crippen LogP contribution in [0.3, 0.4) is 0 Å². The normalized spacial score (nSPS) is 13.0. The van der Waals surface area contributed by atoms with Crippen LogP contribution < -0.4 is 4.74 Å². The summed E-state index contributed by atoms with van der Waals surface area (Å²) in [6.07, 6.45) is 0. The van der Waals surface area contributed by atoms with Gasteiger partial charge in [-0.1, -0.05) is 19.1 Å². The largest absolute Gasteiger partial charge is 0.497 e. The highest BCUT2D eigenvalue weighted by Gasteiger charge is 2.36. The number of ether oxygens (including phenoxy) is 1. The van der Waals surface area contributed by atoms with E-state index in [9.17, 15) is 9.90 Å². The second-order valence-corrected chi connectivity index (χ2v) is 5.69. The summed E-state index contributed by atoms with van der Waals surface area (Å²) in [5, 5.41) is 16.5. The second kappa shape index (κ2) is 5.60. The highest BCUT2D eigenvalue weighted by molar-refractivity contribution is 5.75. The zero-order chi connectivity index (χ0) is 15.6. The lowest BCUT2D eigenvalue weighted by molar-refractivity contribution is -0.148. The van der Waals surface area contributed by atoms with Crippen molar-refractivity contribution in [3.8, 4) is 17.0 Å². The van der Waals surface area contributed by atoms with Gasteiger partial charge in [-0.05, 0) is 32.0 Å². The van der Waals surface area contributed by atoms with Crippen LogP contribution in [-0.2, 0) is 4.79 Å². The number of nitrogens with one attached hydrogen (secondary N) is 1. The molecule has 2 aromatic rings. The monoisotopic (exact) mass is 288 g/mol. The third-order valence-corrected chi connectivity index (χ3v) is 4.06. The van der Waals surface area contributed by atoms with Crippen molar-refractivity contribution in [2.24, 2.45) is 5.41 Å². The van der Waals surface area contributed by atoms with Crippen molar-refractivity contribution in [2.45, 2.75) is 26.7 Å². The predicted molar refractivity (Wildman–Crippen MR) is 80.4 cm³/mol.